The summed E-state index contributed by atoms with van der Waals surface area (Å²) < 4.78 is 12.2. The molecule has 1 aromatic rings. The molecule has 180 valence electrons. The molecule has 1 fully saturated rings. The van der Waals surface area contributed by atoms with Gasteiger partial charge in [-0.05, 0) is 54.2 Å². The van der Waals surface area contributed by atoms with E-state index in [1.54, 1.807) is 0 Å². The first kappa shape index (κ1) is 25.2. The summed E-state index contributed by atoms with van der Waals surface area (Å²) in [4.78, 5) is 38.8. The van der Waals surface area contributed by atoms with Crippen LogP contribution in [0.25, 0.3) is 5.57 Å². The first-order valence-electron chi connectivity index (χ1n) is 11.3. The molecule has 2 N–H and O–H groups in total. The Morgan fingerprint density at radius 2 is 2.12 bits per heavy atom. The molecule has 0 spiro atoms. The fourth-order valence-corrected chi connectivity index (χ4v) is 4.73. The summed E-state index contributed by atoms with van der Waals surface area (Å²) in [5.74, 6) is -1.50. The van der Waals surface area contributed by atoms with Gasteiger partial charge in [0.15, 0.2) is 0 Å². The molecule has 8 nitrogen and oxygen atoms in total. The lowest BCUT2D eigenvalue weighted by Gasteiger charge is -2.27. The van der Waals surface area contributed by atoms with Crippen LogP contribution in [0.5, 0.6) is 0 Å². The molecule has 0 aliphatic carbocycles. The lowest BCUT2D eigenvalue weighted by Crippen LogP contribution is -2.52. The summed E-state index contributed by atoms with van der Waals surface area (Å²) in [7, 11) is 0. The molecule has 2 aliphatic rings. The Balaban J connectivity index is 1.86. The first-order valence-corrected chi connectivity index (χ1v) is 12.1. The normalized spacial score (nSPS) is 24.7. The SMILES string of the molecule is C=C1CCCOC(=O)N[C@@H](CCCC)C(=O)N2C[C@@H](C[C@H]2C(=O)O)OCc2cc(Br)cc1c2. The largest absolute Gasteiger partial charge is 0.480 e. The van der Waals surface area contributed by atoms with Crippen LogP contribution < -0.4 is 5.32 Å². The smallest absolute Gasteiger partial charge is 0.407 e. The number of rotatable bonds is 4. The van der Waals surface area contributed by atoms with E-state index in [1.165, 1.54) is 4.90 Å². The van der Waals surface area contributed by atoms with Crippen molar-refractivity contribution in [3.63, 3.8) is 0 Å². The third-order valence-corrected chi connectivity index (χ3v) is 6.43. The highest BCUT2D eigenvalue weighted by atomic mass is 79.9. The van der Waals surface area contributed by atoms with Crippen molar-refractivity contribution in [2.75, 3.05) is 13.2 Å². The molecule has 2 amide bonds. The van der Waals surface area contributed by atoms with Gasteiger partial charge < -0.3 is 24.8 Å². The Morgan fingerprint density at radius 3 is 2.85 bits per heavy atom. The average molecular weight is 523 g/mol. The number of nitrogens with zero attached hydrogens (tertiary/aromatic N) is 1. The molecule has 0 unspecified atom stereocenters. The van der Waals surface area contributed by atoms with E-state index in [4.69, 9.17) is 9.47 Å². The second-order valence-corrected chi connectivity index (χ2v) is 9.46. The minimum Gasteiger partial charge on any atom is -0.480 e. The molecule has 3 rings (SSSR count). The number of amides is 2. The third-order valence-electron chi connectivity index (χ3n) is 5.97. The second-order valence-electron chi connectivity index (χ2n) is 8.54. The molecule has 2 heterocycles. The van der Waals surface area contributed by atoms with Gasteiger partial charge in [0.1, 0.15) is 12.1 Å². The standard InChI is InChI=1S/C24H31BrN2O6/c1-3-4-7-20-22(28)27-13-19(12-21(27)23(29)30)33-14-16-9-17(11-18(25)10-16)15(2)6-5-8-32-24(31)26-20/h9-11,19-21H,2-8,12-14H2,1H3,(H,26,31)(H,29,30)/t19-,20+,21+/m1/s1. The van der Waals surface area contributed by atoms with E-state index in [9.17, 15) is 19.5 Å². The number of carboxylic acid groups (broad SMARTS) is 1. The van der Waals surface area contributed by atoms with Crippen molar-refractivity contribution in [3.05, 3.63) is 40.4 Å². The molecule has 1 saturated heterocycles. The maximum absolute atomic E-state index is 13.3. The maximum atomic E-state index is 13.3. The highest BCUT2D eigenvalue weighted by Crippen LogP contribution is 2.27. The molecule has 2 aliphatic heterocycles. The van der Waals surface area contributed by atoms with Crippen molar-refractivity contribution in [2.24, 2.45) is 0 Å². The Bertz CT molecular complexity index is 905. The number of carbonyl (C=O) groups excluding carboxylic acids is 2. The predicted octanol–water partition coefficient (Wildman–Crippen LogP) is 4.11. The van der Waals surface area contributed by atoms with Crippen LogP contribution in [-0.2, 0) is 25.7 Å². The molecule has 0 aromatic heterocycles. The van der Waals surface area contributed by atoms with Gasteiger partial charge in [0, 0.05) is 17.4 Å². The van der Waals surface area contributed by atoms with Gasteiger partial charge >= 0.3 is 12.1 Å². The van der Waals surface area contributed by atoms with Crippen molar-refractivity contribution in [3.8, 4) is 0 Å². The first-order chi connectivity index (χ1) is 15.8. The van der Waals surface area contributed by atoms with Crippen LogP contribution in [0.4, 0.5) is 4.79 Å². The minimum atomic E-state index is -1.08. The number of unbranched alkanes of at least 4 members (excludes halogenated alkanes) is 1. The topological polar surface area (TPSA) is 105 Å². The van der Waals surface area contributed by atoms with Gasteiger partial charge in [-0.3, -0.25) is 4.79 Å². The number of carboxylic acids is 1. The van der Waals surface area contributed by atoms with E-state index in [-0.39, 0.29) is 26.2 Å². The summed E-state index contributed by atoms with van der Waals surface area (Å²) >= 11 is 3.52. The quantitative estimate of drug-likeness (QED) is 0.616. The Hall–Kier alpha value is -2.39. The van der Waals surface area contributed by atoms with Crippen LogP contribution in [-0.4, -0.2) is 59.3 Å². The van der Waals surface area contributed by atoms with Crippen molar-refractivity contribution in [1.29, 1.82) is 0 Å². The van der Waals surface area contributed by atoms with Crippen LogP contribution in [0.15, 0.2) is 29.3 Å². The number of allylic oxidation sites excluding steroid dienone is 1. The average Bonchev–Trinajstić information content (AvgIpc) is 3.21. The molecule has 1 aromatic carbocycles. The van der Waals surface area contributed by atoms with Crippen LogP contribution >= 0.6 is 15.9 Å². The summed E-state index contributed by atoms with van der Waals surface area (Å²) in [6, 6.07) is 4.08. The van der Waals surface area contributed by atoms with Crippen LogP contribution in [0.3, 0.4) is 0 Å². The fraction of sp³-hybridized carbons (Fsp3) is 0.542. The van der Waals surface area contributed by atoms with Crippen molar-refractivity contribution < 1.29 is 29.0 Å². The van der Waals surface area contributed by atoms with E-state index < -0.39 is 36.2 Å². The Kier molecular flexibility index (Phi) is 8.91. The molecule has 9 heteroatoms. The van der Waals surface area contributed by atoms with E-state index in [0.717, 1.165) is 27.6 Å². The summed E-state index contributed by atoms with van der Waals surface area (Å²) in [5.41, 5.74) is 2.80. The molecule has 4 bridgehead atoms. The van der Waals surface area contributed by atoms with E-state index in [2.05, 4.69) is 27.8 Å². The van der Waals surface area contributed by atoms with Crippen molar-refractivity contribution >= 4 is 39.5 Å². The number of nitrogens with one attached hydrogen (secondary N) is 1. The molecular formula is C24H31BrN2O6. The van der Waals surface area contributed by atoms with Gasteiger partial charge in [-0.25, -0.2) is 9.59 Å². The van der Waals surface area contributed by atoms with Crippen LogP contribution in [0.2, 0.25) is 0 Å². The monoisotopic (exact) mass is 522 g/mol. The number of alkyl carbamates (subject to hydrolysis) is 1. The number of cyclic esters (lactones) is 1. The highest BCUT2D eigenvalue weighted by Gasteiger charge is 2.42. The molecule has 33 heavy (non-hydrogen) atoms. The maximum Gasteiger partial charge on any atom is 0.407 e. The Labute approximate surface area is 202 Å². The summed E-state index contributed by atoms with van der Waals surface area (Å²) in [5, 5.41) is 12.4. The third kappa shape index (κ3) is 6.80. The molecule has 0 saturated carbocycles. The zero-order valence-electron chi connectivity index (χ0n) is 18.8. The van der Waals surface area contributed by atoms with Crippen molar-refractivity contribution in [1.82, 2.24) is 10.2 Å². The van der Waals surface area contributed by atoms with Crippen LogP contribution in [0.1, 0.15) is 56.6 Å². The fourth-order valence-electron chi connectivity index (χ4n) is 4.19. The summed E-state index contributed by atoms with van der Waals surface area (Å²) in [6.45, 7) is 6.77. The molecular weight excluding hydrogens is 492 g/mol. The summed E-state index contributed by atoms with van der Waals surface area (Å²) in [6.07, 6.45) is 2.30. The predicted molar refractivity (Wildman–Crippen MR) is 127 cm³/mol. The van der Waals surface area contributed by atoms with E-state index >= 15 is 0 Å². The van der Waals surface area contributed by atoms with Crippen LogP contribution in [0, 0.1) is 0 Å². The second kappa shape index (κ2) is 11.7. The number of hydrogen-bond donors (Lipinski definition) is 2. The number of hydrogen-bond acceptors (Lipinski definition) is 5. The number of benzene rings is 1. The highest BCUT2D eigenvalue weighted by molar-refractivity contribution is 9.10. The molecule has 0 radical (unpaired) electrons. The van der Waals surface area contributed by atoms with Gasteiger partial charge in [-0.2, -0.15) is 0 Å². The lowest BCUT2D eigenvalue weighted by atomic mass is 10.0. The number of halogens is 1. The number of aliphatic carboxylic acids is 1. The number of ether oxygens (including phenoxy) is 2. The van der Waals surface area contributed by atoms with E-state index in [0.29, 0.717) is 25.7 Å². The van der Waals surface area contributed by atoms with Gasteiger partial charge in [0.25, 0.3) is 0 Å². The number of fused-ring (bicyclic) bond motifs is 4. The Morgan fingerprint density at radius 1 is 1.33 bits per heavy atom. The number of carbonyl (C=O) groups is 3. The zero-order valence-corrected chi connectivity index (χ0v) is 20.4. The lowest BCUT2D eigenvalue weighted by molar-refractivity contribution is -0.149. The van der Waals surface area contributed by atoms with Gasteiger partial charge in [0.2, 0.25) is 5.91 Å². The minimum absolute atomic E-state index is 0.155. The van der Waals surface area contributed by atoms with Gasteiger partial charge in [0.05, 0.1) is 19.3 Å². The van der Waals surface area contributed by atoms with Gasteiger partial charge in [-0.1, -0.05) is 42.3 Å². The van der Waals surface area contributed by atoms with E-state index in [1.807, 2.05) is 25.1 Å². The van der Waals surface area contributed by atoms with Crippen molar-refractivity contribution in [2.45, 2.75) is 70.2 Å². The molecule has 3 atom stereocenters. The van der Waals surface area contributed by atoms with Gasteiger partial charge in [-0.15, -0.1) is 0 Å². The zero-order chi connectivity index (χ0) is 24.0.